The average molecular weight is 267 g/mol. The van der Waals surface area contributed by atoms with Crippen LogP contribution in [0.3, 0.4) is 0 Å². The van der Waals surface area contributed by atoms with E-state index in [0.717, 1.165) is 0 Å². The third-order valence-electron chi connectivity index (χ3n) is 3.17. The Morgan fingerprint density at radius 3 is 3.11 bits per heavy atom. The zero-order chi connectivity index (χ0) is 13.6. The van der Waals surface area contributed by atoms with Gasteiger partial charge in [0.2, 0.25) is 0 Å². The Balaban J connectivity index is 2.05. The summed E-state index contributed by atoms with van der Waals surface area (Å²) in [6.45, 7) is -0.285. The maximum absolute atomic E-state index is 11.3. The van der Waals surface area contributed by atoms with Crippen LogP contribution in [-0.4, -0.2) is 48.8 Å². The number of ether oxygens (including phenoxy) is 1. The number of hydrogen-bond donors (Lipinski definition) is 4. The first-order chi connectivity index (χ1) is 9.10. The fourth-order valence-corrected chi connectivity index (χ4v) is 2.20. The fraction of sp³-hybridized carbons (Fsp3) is 0.500. The average Bonchev–Trinajstić information content (AvgIpc) is 2.92. The normalized spacial score (nSPS) is 27.2. The molecule has 1 aliphatic heterocycles. The highest BCUT2D eigenvalue weighted by molar-refractivity contribution is 5.84. The lowest BCUT2D eigenvalue weighted by molar-refractivity contribution is -0.0470. The number of H-pyrrole nitrogens is 1. The van der Waals surface area contributed by atoms with E-state index in [1.54, 1.807) is 0 Å². The summed E-state index contributed by atoms with van der Waals surface area (Å²) in [5.41, 5.74) is 5.38. The molecule has 9 nitrogen and oxygen atoms in total. The molecule has 0 bridgehead atoms. The molecule has 2 aromatic rings. The molecule has 102 valence electrons. The molecule has 2 aromatic heterocycles. The molecule has 0 amide bonds. The molecule has 0 unspecified atom stereocenters. The summed E-state index contributed by atoms with van der Waals surface area (Å²) in [6, 6.07) is 0. The summed E-state index contributed by atoms with van der Waals surface area (Å²) in [5.74, 6) is 0.179. The van der Waals surface area contributed by atoms with Crippen molar-refractivity contribution < 1.29 is 14.9 Å². The lowest BCUT2D eigenvalue weighted by Crippen LogP contribution is -2.24. The zero-order valence-electron chi connectivity index (χ0n) is 9.85. The van der Waals surface area contributed by atoms with Crippen LogP contribution >= 0.6 is 0 Å². The lowest BCUT2D eigenvalue weighted by Gasteiger charge is -2.12. The molecule has 3 atom stereocenters. The van der Waals surface area contributed by atoms with E-state index in [9.17, 15) is 9.90 Å². The first-order valence-corrected chi connectivity index (χ1v) is 5.77. The van der Waals surface area contributed by atoms with Crippen LogP contribution in [0.2, 0.25) is 0 Å². The van der Waals surface area contributed by atoms with E-state index in [0.29, 0.717) is 5.39 Å². The number of nitrogen functional groups attached to an aromatic ring is 1. The summed E-state index contributed by atoms with van der Waals surface area (Å²) in [7, 11) is 0. The number of nitrogens with one attached hydrogen (secondary N) is 1. The SMILES string of the molecule is Nc1[nH]c(=O)nc2c1cnn2[C@@H]1C[C@H](O)[C@@H](CO)O1. The van der Waals surface area contributed by atoms with Crippen molar-refractivity contribution in [3.8, 4) is 0 Å². The van der Waals surface area contributed by atoms with Gasteiger partial charge in [0, 0.05) is 6.42 Å². The number of aliphatic hydroxyl groups excluding tert-OH is 2. The second kappa shape index (κ2) is 4.30. The summed E-state index contributed by atoms with van der Waals surface area (Å²) in [6.07, 6.45) is -0.304. The van der Waals surface area contributed by atoms with Crippen molar-refractivity contribution in [3.05, 3.63) is 16.7 Å². The second-order valence-corrected chi connectivity index (χ2v) is 4.40. The molecular weight excluding hydrogens is 254 g/mol. The van der Waals surface area contributed by atoms with Gasteiger partial charge in [-0.05, 0) is 0 Å². The van der Waals surface area contributed by atoms with E-state index >= 15 is 0 Å². The van der Waals surface area contributed by atoms with Crippen LogP contribution in [0.15, 0.2) is 11.0 Å². The fourth-order valence-electron chi connectivity index (χ4n) is 2.20. The Morgan fingerprint density at radius 1 is 1.63 bits per heavy atom. The molecular formula is C10H13N5O4. The van der Waals surface area contributed by atoms with Crippen molar-refractivity contribution >= 4 is 16.9 Å². The van der Waals surface area contributed by atoms with Gasteiger partial charge in [0.15, 0.2) is 11.9 Å². The van der Waals surface area contributed by atoms with E-state index in [1.807, 2.05) is 0 Å². The molecule has 3 rings (SSSR count). The van der Waals surface area contributed by atoms with Crippen LogP contribution in [0.25, 0.3) is 11.0 Å². The van der Waals surface area contributed by atoms with Gasteiger partial charge in [-0.2, -0.15) is 10.1 Å². The summed E-state index contributed by atoms with van der Waals surface area (Å²) >= 11 is 0. The first-order valence-electron chi connectivity index (χ1n) is 5.77. The smallest absolute Gasteiger partial charge is 0.348 e. The topological polar surface area (TPSA) is 139 Å². The molecule has 1 saturated heterocycles. The highest BCUT2D eigenvalue weighted by Crippen LogP contribution is 2.30. The lowest BCUT2D eigenvalue weighted by atomic mass is 10.2. The first kappa shape index (κ1) is 12.1. The number of nitrogens with zero attached hydrogens (tertiary/aromatic N) is 3. The molecule has 1 aliphatic rings. The largest absolute Gasteiger partial charge is 0.394 e. The highest BCUT2D eigenvalue weighted by atomic mass is 16.5. The summed E-state index contributed by atoms with van der Waals surface area (Å²) in [4.78, 5) is 17.5. The zero-order valence-corrected chi connectivity index (χ0v) is 9.85. The van der Waals surface area contributed by atoms with Crippen molar-refractivity contribution in [3.63, 3.8) is 0 Å². The Hall–Kier alpha value is -1.97. The van der Waals surface area contributed by atoms with Crippen LogP contribution in [0.5, 0.6) is 0 Å². The predicted octanol–water partition coefficient (Wildman–Crippen LogP) is -1.66. The van der Waals surface area contributed by atoms with Gasteiger partial charge < -0.3 is 20.7 Å². The Kier molecular flexibility index (Phi) is 2.73. The van der Waals surface area contributed by atoms with Gasteiger partial charge in [-0.15, -0.1) is 0 Å². The van der Waals surface area contributed by atoms with E-state index in [2.05, 4.69) is 15.1 Å². The van der Waals surface area contributed by atoms with E-state index in [4.69, 9.17) is 15.6 Å². The molecule has 1 fully saturated rings. The minimum absolute atomic E-state index is 0.179. The standard InChI is InChI=1S/C10H13N5O4/c11-8-4-2-12-15(9(4)14-10(18)13-8)7-1-5(17)6(3-16)19-7/h2,5-7,16-17H,1,3H2,(H3,11,13,14,18)/t5-,6+,7-/m0/s1. The Morgan fingerprint density at radius 2 is 2.42 bits per heavy atom. The molecule has 5 N–H and O–H groups in total. The van der Waals surface area contributed by atoms with E-state index in [-0.39, 0.29) is 24.5 Å². The van der Waals surface area contributed by atoms with Gasteiger partial charge in [-0.25, -0.2) is 9.48 Å². The second-order valence-electron chi connectivity index (χ2n) is 4.40. The number of nitrogens with two attached hydrogens (primary N) is 1. The molecule has 0 aromatic carbocycles. The predicted molar refractivity (Wildman–Crippen MR) is 64.2 cm³/mol. The molecule has 0 saturated carbocycles. The minimum Gasteiger partial charge on any atom is -0.394 e. The van der Waals surface area contributed by atoms with Crippen LogP contribution in [0.1, 0.15) is 12.6 Å². The van der Waals surface area contributed by atoms with E-state index in [1.165, 1.54) is 10.9 Å². The molecule has 0 aliphatic carbocycles. The third kappa shape index (κ3) is 1.87. The number of hydrogen-bond acceptors (Lipinski definition) is 7. The third-order valence-corrected chi connectivity index (χ3v) is 3.17. The molecule has 9 heteroatoms. The van der Waals surface area contributed by atoms with Gasteiger partial charge in [0.1, 0.15) is 11.9 Å². The van der Waals surface area contributed by atoms with Crippen molar-refractivity contribution in [1.82, 2.24) is 19.7 Å². The Bertz CT molecular complexity index is 665. The maximum atomic E-state index is 11.3. The van der Waals surface area contributed by atoms with Gasteiger partial charge in [0.05, 0.1) is 24.3 Å². The van der Waals surface area contributed by atoms with Crippen LogP contribution in [-0.2, 0) is 4.74 Å². The van der Waals surface area contributed by atoms with Crippen LogP contribution in [0, 0.1) is 0 Å². The number of aliphatic hydroxyl groups is 2. The Labute approximate surface area is 106 Å². The minimum atomic E-state index is -0.784. The van der Waals surface area contributed by atoms with Crippen LogP contribution in [0.4, 0.5) is 5.82 Å². The van der Waals surface area contributed by atoms with Crippen molar-refractivity contribution in [2.45, 2.75) is 24.9 Å². The summed E-state index contributed by atoms with van der Waals surface area (Å²) < 4.78 is 6.85. The number of anilines is 1. The van der Waals surface area contributed by atoms with Gasteiger partial charge >= 0.3 is 5.69 Å². The van der Waals surface area contributed by atoms with Crippen molar-refractivity contribution in [2.75, 3.05) is 12.3 Å². The number of rotatable bonds is 2. The van der Waals surface area contributed by atoms with Gasteiger partial charge in [0.25, 0.3) is 0 Å². The molecule has 0 spiro atoms. The summed E-state index contributed by atoms with van der Waals surface area (Å²) in [5, 5.41) is 23.3. The number of aromatic amines is 1. The molecule has 3 heterocycles. The molecule has 0 radical (unpaired) electrons. The van der Waals surface area contributed by atoms with E-state index < -0.39 is 24.1 Å². The van der Waals surface area contributed by atoms with Crippen molar-refractivity contribution in [1.29, 1.82) is 0 Å². The van der Waals surface area contributed by atoms with Crippen LogP contribution < -0.4 is 11.4 Å². The maximum Gasteiger partial charge on any atom is 0.348 e. The van der Waals surface area contributed by atoms with Gasteiger partial charge in [-0.1, -0.05) is 0 Å². The highest BCUT2D eigenvalue weighted by Gasteiger charge is 2.35. The molecule has 19 heavy (non-hydrogen) atoms. The number of fused-ring (bicyclic) bond motifs is 1. The number of aromatic nitrogens is 4. The monoisotopic (exact) mass is 267 g/mol. The quantitative estimate of drug-likeness (QED) is 0.510. The van der Waals surface area contributed by atoms with Gasteiger partial charge in [-0.3, -0.25) is 4.98 Å². The van der Waals surface area contributed by atoms with Crippen molar-refractivity contribution in [2.24, 2.45) is 0 Å².